The Morgan fingerprint density at radius 2 is 1.85 bits per heavy atom. The molecule has 1 heterocycles. The van der Waals surface area contributed by atoms with E-state index in [1.54, 1.807) is 12.4 Å². The Morgan fingerprint density at radius 1 is 1.10 bits per heavy atom. The molecule has 0 radical (unpaired) electrons. The fourth-order valence-electron chi connectivity index (χ4n) is 2.18. The van der Waals surface area contributed by atoms with Gasteiger partial charge in [-0.25, -0.2) is 0 Å². The Labute approximate surface area is 120 Å². The van der Waals surface area contributed by atoms with E-state index in [2.05, 4.69) is 35.9 Å². The van der Waals surface area contributed by atoms with Crippen LogP contribution in [-0.4, -0.2) is 27.6 Å². The summed E-state index contributed by atoms with van der Waals surface area (Å²) in [5.74, 6) is 0. The van der Waals surface area contributed by atoms with Crippen LogP contribution in [0.5, 0.6) is 0 Å². The van der Waals surface area contributed by atoms with Crippen molar-refractivity contribution in [2.75, 3.05) is 6.54 Å². The summed E-state index contributed by atoms with van der Waals surface area (Å²) in [4.78, 5) is 6.33. The van der Waals surface area contributed by atoms with Gasteiger partial charge in [-0.15, -0.1) is 0 Å². The van der Waals surface area contributed by atoms with Crippen LogP contribution in [0.15, 0.2) is 54.9 Å². The van der Waals surface area contributed by atoms with Gasteiger partial charge in [0.15, 0.2) is 0 Å². The van der Waals surface area contributed by atoms with Crippen molar-refractivity contribution in [3.63, 3.8) is 0 Å². The lowest BCUT2D eigenvalue weighted by molar-refractivity contribution is 0.0906. The lowest BCUT2D eigenvalue weighted by Gasteiger charge is -2.28. The summed E-state index contributed by atoms with van der Waals surface area (Å²) >= 11 is 0. The van der Waals surface area contributed by atoms with Gasteiger partial charge in [-0.3, -0.25) is 9.88 Å². The number of nitrogens with zero attached hydrogens (tertiary/aromatic N) is 2. The topological polar surface area (TPSA) is 36.4 Å². The van der Waals surface area contributed by atoms with Gasteiger partial charge in [-0.05, 0) is 25.5 Å². The third kappa shape index (κ3) is 4.15. The average molecular weight is 270 g/mol. The fourth-order valence-corrected chi connectivity index (χ4v) is 2.18. The number of benzene rings is 1. The molecule has 0 amide bonds. The number of hydrogen-bond acceptors (Lipinski definition) is 3. The zero-order valence-electron chi connectivity index (χ0n) is 12.1. The van der Waals surface area contributed by atoms with E-state index in [0.29, 0.717) is 12.6 Å². The molecule has 106 valence electrons. The van der Waals surface area contributed by atoms with Gasteiger partial charge in [0.05, 0.1) is 6.10 Å². The van der Waals surface area contributed by atoms with Crippen LogP contribution in [0.1, 0.15) is 31.1 Å². The molecule has 0 saturated carbocycles. The minimum absolute atomic E-state index is 0.376. The van der Waals surface area contributed by atoms with E-state index in [1.807, 2.05) is 30.3 Å². The van der Waals surface area contributed by atoms with Gasteiger partial charge >= 0.3 is 0 Å². The molecule has 1 aromatic carbocycles. The maximum Gasteiger partial charge on any atom is 0.0931 e. The fraction of sp³-hybridized carbons (Fsp3) is 0.353. The molecule has 0 bridgehead atoms. The number of aromatic nitrogens is 1. The predicted molar refractivity (Wildman–Crippen MR) is 81.2 cm³/mol. The number of hydrogen-bond donors (Lipinski definition) is 1. The van der Waals surface area contributed by atoms with Crippen LogP contribution in [0.2, 0.25) is 0 Å². The van der Waals surface area contributed by atoms with E-state index in [9.17, 15) is 5.11 Å². The molecule has 2 aromatic rings. The third-order valence-corrected chi connectivity index (χ3v) is 3.44. The van der Waals surface area contributed by atoms with Crippen molar-refractivity contribution in [3.05, 3.63) is 66.0 Å². The molecule has 20 heavy (non-hydrogen) atoms. The Morgan fingerprint density at radius 3 is 2.45 bits per heavy atom. The summed E-state index contributed by atoms with van der Waals surface area (Å²) < 4.78 is 0. The number of aliphatic hydroxyl groups excluding tert-OH is 1. The van der Waals surface area contributed by atoms with E-state index in [4.69, 9.17) is 0 Å². The van der Waals surface area contributed by atoms with E-state index in [1.165, 1.54) is 5.56 Å². The second kappa shape index (κ2) is 7.17. The highest BCUT2D eigenvalue weighted by Crippen LogP contribution is 2.16. The number of rotatable bonds is 6. The van der Waals surface area contributed by atoms with Crippen molar-refractivity contribution >= 4 is 0 Å². The molecule has 0 aliphatic carbocycles. The quantitative estimate of drug-likeness (QED) is 0.876. The van der Waals surface area contributed by atoms with E-state index in [0.717, 1.165) is 12.1 Å². The zero-order chi connectivity index (χ0) is 14.4. The first-order chi connectivity index (χ1) is 9.66. The highest BCUT2D eigenvalue weighted by molar-refractivity contribution is 5.15. The first-order valence-corrected chi connectivity index (χ1v) is 7.03. The molecule has 0 aliphatic heterocycles. The summed E-state index contributed by atoms with van der Waals surface area (Å²) in [6, 6.07) is 14.5. The van der Waals surface area contributed by atoms with E-state index < -0.39 is 6.10 Å². The maximum atomic E-state index is 10.3. The van der Waals surface area contributed by atoms with Crippen molar-refractivity contribution in [2.24, 2.45) is 0 Å². The molecule has 0 saturated heterocycles. The second-order valence-electron chi connectivity index (χ2n) is 5.31. The van der Waals surface area contributed by atoms with Gasteiger partial charge in [0.2, 0.25) is 0 Å². The number of aliphatic hydroxyl groups is 1. The standard InChI is InChI=1S/C17H22N2O/c1-14(2)19(12-15-7-4-3-5-8-15)13-17(20)16-9-6-10-18-11-16/h3-11,14,17,20H,12-13H2,1-2H3. The minimum Gasteiger partial charge on any atom is -0.387 e. The average Bonchev–Trinajstić information content (AvgIpc) is 2.48. The van der Waals surface area contributed by atoms with Crippen molar-refractivity contribution in [1.82, 2.24) is 9.88 Å². The van der Waals surface area contributed by atoms with Gasteiger partial charge in [-0.1, -0.05) is 36.4 Å². The van der Waals surface area contributed by atoms with Crippen LogP contribution < -0.4 is 0 Å². The zero-order valence-corrected chi connectivity index (χ0v) is 12.1. The monoisotopic (exact) mass is 270 g/mol. The van der Waals surface area contributed by atoms with Gasteiger partial charge in [0.1, 0.15) is 0 Å². The summed E-state index contributed by atoms with van der Waals surface area (Å²) in [6.07, 6.45) is 2.95. The molecule has 0 spiro atoms. The van der Waals surface area contributed by atoms with Gasteiger partial charge in [0, 0.05) is 37.1 Å². The Balaban J connectivity index is 2.03. The Hall–Kier alpha value is -1.71. The highest BCUT2D eigenvalue weighted by atomic mass is 16.3. The van der Waals surface area contributed by atoms with Gasteiger partial charge in [-0.2, -0.15) is 0 Å². The van der Waals surface area contributed by atoms with E-state index in [-0.39, 0.29) is 0 Å². The smallest absolute Gasteiger partial charge is 0.0931 e. The minimum atomic E-state index is -0.505. The van der Waals surface area contributed by atoms with Crippen LogP contribution in [0.3, 0.4) is 0 Å². The Bertz CT molecular complexity index is 499. The van der Waals surface area contributed by atoms with Crippen molar-refractivity contribution in [3.8, 4) is 0 Å². The first-order valence-electron chi connectivity index (χ1n) is 7.03. The van der Waals surface area contributed by atoms with Crippen LogP contribution in [0.4, 0.5) is 0 Å². The molecule has 2 rings (SSSR count). The number of pyridine rings is 1. The van der Waals surface area contributed by atoms with Gasteiger partial charge < -0.3 is 5.11 Å². The molecule has 1 aromatic heterocycles. The van der Waals surface area contributed by atoms with Crippen LogP contribution in [0, 0.1) is 0 Å². The van der Waals surface area contributed by atoms with Crippen LogP contribution in [-0.2, 0) is 6.54 Å². The summed E-state index contributed by atoms with van der Waals surface area (Å²) in [7, 11) is 0. The second-order valence-corrected chi connectivity index (χ2v) is 5.31. The van der Waals surface area contributed by atoms with Crippen molar-refractivity contribution in [2.45, 2.75) is 32.5 Å². The first kappa shape index (κ1) is 14.7. The summed E-state index contributed by atoms with van der Waals surface area (Å²) in [6.45, 7) is 5.76. The maximum absolute atomic E-state index is 10.3. The summed E-state index contributed by atoms with van der Waals surface area (Å²) in [5.41, 5.74) is 2.13. The normalized spacial score (nSPS) is 12.8. The van der Waals surface area contributed by atoms with Crippen LogP contribution in [0.25, 0.3) is 0 Å². The van der Waals surface area contributed by atoms with Crippen LogP contribution >= 0.6 is 0 Å². The SMILES string of the molecule is CC(C)N(Cc1ccccc1)CC(O)c1cccnc1. The lowest BCUT2D eigenvalue weighted by Crippen LogP contribution is -2.34. The third-order valence-electron chi connectivity index (χ3n) is 3.44. The summed E-state index contributed by atoms with van der Waals surface area (Å²) in [5, 5.41) is 10.3. The van der Waals surface area contributed by atoms with Crippen molar-refractivity contribution < 1.29 is 5.11 Å². The van der Waals surface area contributed by atoms with Crippen molar-refractivity contribution in [1.29, 1.82) is 0 Å². The van der Waals surface area contributed by atoms with E-state index >= 15 is 0 Å². The Kier molecular flexibility index (Phi) is 5.27. The molecule has 3 nitrogen and oxygen atoms in total. The molecule has 1 unspecified atom stereocenters. The molecule has 1 atom stereocenters. The molecule has 0 aliphatic rings. The highest BCUT2D eigenvalue weighted by Gasteiger charge is 2.16. The molecule has 1 N–H and O–H groups in total. The largest absolute Gasteiger partial charge is 0.387 e. The lowest BCUT2D eigenvalue weighted by atomic mass is 10.1. The predicted octanol–water partition coefficient (Wildman–Crippen LogP) is 3.03. The van der Waals surface area contributed by atoms with Gasteiger partial charge in [0.25, 0.3) is 0 Å². The molecular weight excluding hydrogens is 248 g/mol. The molecular formula is C17H22N2O. The molecule has 0 fully saturated rings. The molecule has 3 heteroatoms.